The molecular formula is C11H15N3O4. The molecule has 1 fully saturated rings. The Labute approximate surface area is 104 Å². The fourth-order valence-electron chi connectivity index (χ4n) is 1.83. The van der Waals surface area contributed by atoms with Crippen LogP contribution in [0.5, 0.6) is 11.6 Å². The normalized spacial score (nSPS) is 16.3. The molecular weight excluding hydrogens is 238 g/mol. The van der Waals surface area contributed by atoms with Crippen molar-refractivity contribution in [3.05, 3.63) is 22.4 Å². The van der Waals surface area contributed by atoms with Crippen LogP contribution in [0.15, 0.2) is 12.3 Å². The summed E-state index contributed by atoms with van der Waals surface area (Å²) in [7, 11) is 1.44. The molecule has 0 aliphatic carbocycles. The van der Waals surface area contributed by atoms with Gasteiger partial charge in [-0.15, -0.1) is 0 Å². The van der Waals surface area contributed by atoms with Crippen molar-refractivity contribution in [1.29, 1.82) is 0 Å². The lowest BCUT2D eigenvalue weighted by Crippen LogP contribution is -2.34. The maximum Gasteiger partial charge on any atom is 0.291 e. The number of piperidine rings is 1. The number of nitrogens with zero attached hydrogens (tertiary/aromatic N) is 2. The molecule has 0 atom stereocenters. The molecule has 1 saturated heterocycles. The van der Waals surface area contributed by atoms with Crippen molar-refractivity contribution in [2.45, 2.75) is 18.9 Å². The van der Waals surface area contributed by atoms with Crippen LogP contribution in [-0.4, -0.2) is 36.2 Å². The van der Waals surface area contributed by atoms with E-state index in [9.17, 15) is 10.1 Å². The summed E-state index contributed by atoms with van der Waals surface area (Å²) < 4.78 is 10.8. The Morgan fingerprint density at radius 2 is 2.22 bits per heavy atom. The van der Waals surface area contributed by atoms with Crippen molar-refractivity contribution in [1.82, 2.24) is 10.3 Å². The van der Waals surface area contributed by atoms with E-state index >= 15 is 0 Å². The van der Waals surface area contributed by atoms with E-state index in [1.54, 1.807) is 0 Å². The minimum Gasteiger partial charge on any atom is -0.491 e. The van der Waals surface area contributed by atoms with E-state index in [1.807, 2.05) is 0 Å². The molecule has 18 heavy (non-hydrogen) atoms. The van der Waals surface area contributed by atoms with E-state index in [2.05, 4.69) is 10.3 Å². The van der Waals surface area contributed by atoms with Gasteiger partial charge in [0.25, 0.3) is 11.6 Å². The lowest BCUT2D eigenvalue weighted by molar-refractivity contribution is -0.385. The third-order valence-corrected chi connectivity index (χ3v) is 2.80. The fourth-order valence-corrected chi connectivity index (χ4v) is 1.83. The average molecular weight is 253 g/mol. The summed E-state index contributed by atoms with van der Waals surface area (Å²) in [5, 5.41) is 13.9. The highest BCUT2D eigenvalue weighted by Gasteiger charge is 2.19. The van der Waals surface area contributed by atoms with Gasteiger partial charge in [-0.2, -0.15) is 0 Å². The summed E-state index contributed by atoms with van der Waals surface area (Å²) in [6.45, 7) is 1.81. The molecule has 1 aromatic rings. The standard InChI is InChI=1S/C11H15N3O4/c1-17-10-6-8(14(15)16)7-13-11(10)18-9-2-4-12-5-3-9/h6-7,9,12H,2-5H2,1H3. The highest BCUT2D eigenvalue weighted by Crippen LogP contribution is 2.29. The summed E-state index contributed by atoms with van der Waals surface area (Å²) in [5.74, 6) is 0.609. The van der Waals surface area contributed by atoms with Crippen molar-refractivity contribution in [2.75, 3.05) is 20.2 Å². The van der Waals surface area contributed by atoms with Gasteiger partial charge in [-0.25, -0.2) is 4.98 Å². The number of ether oxygens (including phenoxy) is 2. The molecule has 0 spiro atoms. The fraction of sp³-hybridized carbons (Fsp3) is 0.545. The molecule has 2 heterocycles. The van der Waals surface area contributed by atoms with Gasteiger partial charge >= 0.3 is 0 Å². The van der Waals surface area contributed by atoms with Crippen LogP contribution in [0.1, 0.15) is 12.8 Å². The van der Waals surface area contributed by atoms with Gasteiger partial charge in [0.2, 0.25) is 0 Å². The third kappa shape index (κ3) is 2.86. The number of aromatic nitrogens is 1. The monoisotopic (exact) mass is 253 g/mol. The number of nitrogens with one attached hydrogen (secondary N) is 1. The predicted molar refractivity (Wildman–Crippen MR) is 64.0 cm³/mol. The van der Waals surface area contributed by atoms with E-state index in [1.165, 1.54) is 19.4 Å². The van der Waals surface area contributed by atoms with E-state index in [4.69, 9.17) is 9.47 Å². The lowest BCUT2D eigenvalue weighted by Gasteiger charge is -2.23. The SMILES string of the molecule is COc1cc([N+](=O)[O-])cnc1OC1CCNCC1. The first-order valence-corrected chi connectivity index (χ1v) is 5.76. The first-order valence-electron chi connectivity index (χ1n) is 5.76. The zero-order valence-electron chi connectivity index (χ0n) is 10.1. The van der Waals surface area contributed by atoms with Gasteiger partial charge in [-0.05, 0) is 25.9 Å². The summed E-state index contributed by atoms with van der Waals surface area (Å²) >= 11 is 0. The van der Waals surface area contributed by atoms with Crippen LogP contribution in [-0.2, 0) is 0 Å². The van der Waals surface area contributed by atoms with Crippen molar-refractivity contribution in [3.63, 3.8) is 0 Å². The van der Waals surface area contributed by atoms with Gasteiger partial charge in [0.1, 0.15) is 12.3 Å². The van der Waals surface area contributed by atoms with Gasteiger partial charge in [-0.1, -0.05) is 0 Å². The minimum atomic E-state index is -0.510. The second-order valence-corrected chi connectivity index (χ2v) is 4.03. The lowest BCUT2D eigenvalue weighted by atomic mass is 10.1. The number of nitro groups is 1. The number of methoxy groups -OCH3 is 1. The molecule has 1 aromatic heterocycles. The average Bonchev–Trinajstić information content (AvgIpc) is 2.40. The first kappa shape index (κ1) is 12.6. The summed E-state index contributed by atoms with van der Waals surface area (Å²) in [5.41, 5.74) is -0.107. The van der Waals surface area contributed by atoms with Crippen LogP contribution >= 0.6 is 0 Å². The second kappa shape index (κ2) is 5.63. The van der Waals surface area contributed by atoms with E-state index in [0.29, 0.717) is 11.6 Å². The number of hydrogen-bond acceptors (Lipinski definition) is 6. The summed E-state index contributed by atoms with van der Waals surface area (Å²) in [6.07, 6.45) is 3.04. The summed E-state index contributed by atoms with van der Waals surface area (Å²) in [6, 6.07) is 1.32. The second-order valence-electron chi connectivity index (χ2n) is 4.03. The first-order chi connectivity index (χ1) is 8.70. The highest BCUT2D eigenvalue weighted by atomic mass is 16.6. The molecule has 98 valence electrons. The quantitative estimate of drug-likeness (QED) is 0.639. The van der Waals surface area contributed by atoms with Crippen molar-refractivity contribution >= 4 is 5.69 Å². The van der Waals surface area contributed by atoms with Crippen LogP contribution in [0.2, 0.25) is 0 Å². The van der Waals surface area contributed by atoms with Gasteiger partial charge < -0.3 is 14.8 Å². The number of pyridine rings is 1. The molecule has 1 aliphatic rings. The molecule has 0 amide bonds. The van der Waals surface area contributed by atoms with Gasteiger partial charge in [0, 0.05) is 0 Å². The Morgan fingerprint density at radius 3 is 2.83 bits per heavy atom. The Bertz CT molecular complexity index is 432. The maximum absolute atomic E-state index is 10.6. The molecule has 0 saturated carbocycles. The Balaban J connectivity index is 2.13. The molecule has 1 aliphatic heterocycles. The molecule has 2 rings (SSSR count). The van der Waals surface area contributed by atoms with Crippen LogP contribution in [0.25, 0.3) is 0 Å². The molecule has 0 bridgehead atoms. The molecule has 7 heteroatoms. The van der Waals surface area contributed by atoms with Gasteiger partial charge in [0.05, 0.1) is 18.1 Å². The van der Waals surface area contributed by atoms with Crippen LogP contribution in [0, 0.1) is 10.1 Å². The van der Waals surface area contributed by atoms with E-state index in [0.717, 1.165) is 25.9 Å². The van der Waals surface area contributed by atoms with E-state index < -0.39 is 4.92 Å². The van der Waals surface area contributed by atoms with Crippen molar-refractivity contribution < 1.29 is 14.4 Å². The zero-order valence-corrected chi connectivity index (χ0v) is 10.1. The van der Waals surface area contributed by atoms with Gasteiger partial charge in [0.15, 0.2) is 5.75 Å². The summed E-state index contributed by atoms with van der Waals surface area (Å²) in [4.78, 5) is 14.1. The molecule has 1 N–H and O–H groups in total. The Morgan fingerprint density at radius 1 is 1.50 bits per heavy atom. The smallest absolute Gasteiger partial charge is 0.291 e. The minimum absolute atomic E-state index is 0.0779. The number of rotatable bonds is 4. The molecule has 0 radical (unpaired) electrons. The van der Waals surface area contributed by atoms with Crippen LogP contribution < -0.4 is 14.8 Å². The largest absolute Gasteiger partial charge is 0.491 e. The molecule has 0 aromatic carbocycles. The van der Waals surface area contributed by atoms with E-state index in [-0.39, 0.29) is 11.8 Å². The van der Waals surface area contributed by atoms with Crippen molar-refractivity contribution in [3.8, 4) is 11.6 Å². The maximum atomic E-state index is 10.6. The van der Waals surface area contributed by atoms with Crippen molar-refractivity contribution in [2.24, 2.45) is 0 Å². The zero-order chi connectivity index (χ0) is 13.0. The molecule has 0 unspecified atom stereocenters. The van der Waals surface area contributed by atoms with Crippen LogP contribution in [0.4, 0.5) is 5.69 Å². The third-order valence-electron chi connectivity index (χ3n) is 2.80. The van der Waals surface area contributed by atoms with Crippen LogP contribution in [0.3, 0.4) is 0 Å². The number of hydrogen-bond donors (Lipinski definition) is 1. The Hall–Kier alpha value is -1.89. The van der Waals surface area contributed by atoms with Gasteiger partial charge in [-0.3, -0.25) is 10.1 Å². The topological polar surface area (TPSA) is 86.5 Å². The highest BCUT2D eigenvalue weighted by molar-refractivity contribution is 5.42. The Kier molecular flexibility index (Phi) is 3.93. The predicted octanol–water partition coefficient (Wildman–Crippen LogP) is 1.13. The molecule has 7 nitrogen and oxygen atoms in total.